The molecule has 0 aliphatic carbocycles. The van der Waals surface area contributed by atoms with Crippen LogP contribution in [-0.4, -0.2) is 12.6 Å². The molecule has 0 aliphatic rings. The molecule has 7 heteroatoms. The van der Waals surface area contributed by atoms with Gasteiger partial charge in [0.25, 0.3) is 0 Å². The van der Waals surface area contributed by atoms with Gasteiger partial charge in [-0.1, -0.05) is 34.8 Å². The van der Waals surface area contributed by atoms with Gasteiger partial charge in [-0.05, 0) is 18.9 Å². The van der Waals surface area contributed by atoms with E-state index >= 15 is 0 Å². The summed E-state index contributed by atoms with van der Waals surface area (Å²) >= 11 is 17.4. The second-order valence-corrected chi connectivity index (χ2v) is 4.24. The minimum atomic E-state index is -1.11. The van der Waals surface area contributed by atoms with Crippen molar-refractivity contribution < 1.29 is 66.0 Å². The zero-order chi connectivity index (χ0) is 12.1. The third kappa shape index (κ3) is 6.64. The molecule has 1 aromatic carbocycles. The predicted molar refractivity (Wildman–Crippen MR) is 61.2 cm³/mol. The third-order valence-corrected chi connectivity index (χ3v) is 2.78. The van der Waals surface area contributed by atoms with E-state index in [9.17, 15) is 9.90 Å². The molecule has 1 rings (SSSR count). The number of carboxylic acids is 1. The Bertz CT molecular complexity index is 399. The van der Waals surface area contributed by atoms with Crippen LogP contribution in [0.15, 0.2) is 12.1 Å². The van der Waals surface area contributed by atoms with Gasteiger partial charge in [0.15, 0.2) is 0 Å². The normalized spacial score (nSPS) is 9.59. The average molecular weight is 322 g/mol. The van der Waals surface area contributed by atoms with Crippen molar-refractivity contribution in [2.75, 3.05) is 6.61 Å². The first-order chi connectivity index (χ1) is 7.50. The summed E-state index contributed by atoms with van der Waals surface area (Å²) in [7, 11) is 0. The van der Waals surface area contributed by atoms with Crippen LogP contribution in [0.5, 0.6) is 5.75 Å². The predicted octanol–water partition coefficient (Wildman–Crippen LogP) is -0.440. The third-order valence-electron chi connectivity index (χ3n) is 1.76. The van der Waals surface area contributed by atoms with Gasteiger partial charge in [-0.2, -0.15) is 0 Å². The van der Waals surface area contributed by atoms with Crippen LogP contribution in [0.2, 0.25) is 15.1 Å². The van der Waals surface area contributed by atoms with E-state index in [4.69, 9.17) is 39.5 Å². The van der Waals surface area contributed by atoms with Gasteiger partial charge in [0.05, 0.1) is 21.7 Å². The number of carboxylic acid groups (broad SMARTS) is 1. The molecule has 0 saturated carbocycles. The van der Waals surface area contributed by atoms with Gasteiger partial charge in [0.2, 0.25) is 0 Å². The van der Waals surface area contributed by atoms with Crippen LogP contribution in [0, 0.1) is 0 Å². The maximum atomic E-state index is 10.1. The number of hydrogen-bond acceptors (Lipinski definition) is 3. The molecular weight excluding hydrogens is 314 g/mol. The van der Waals surface area contributed by atoms with Crippen LogP contribution in [0.1, 0.15) is 12.8 Å². The Morgan fingerprint density at radius 3 is 2.35 bits per heavy atom. The number of halogens is 3. The molecule has 1 aromatic rings. The first-order valence-electron chi connectivity index (χ1n) is 4.48. The maximum absolute atomic E-state index is 10.1. The van der Waals surface area contributed by atoms with Crippen molar-refractivity contribution in [1.29, 1.82) is 0 Å². The van der Waals surface area contributed by atoms with Gasteiger partial charge in [0, 0.05) is 12.0 Å². The van der Waals surface area contributed by atoms with E-state index in [2.05, 4.69) is 0 Å². The number of rotatable bonds is 5. The first kappa shape index (κ1) is 18.0. The molecule has 0 amide bonds. The van der Waals surface area contributed by atoms with Gasteiger partial charge in [-0.3, -0.25) is 0 Å². The Morgan fingerprint density at radius 1 is 1.18 bits per heavy atom. The van der Waals surface area contributed by atoms with E-state index in [0.29, 0.717) is 27.2 Å². The Kier molecular flexibility index (Phi) is 9.52. The van der Waals surface area contributed by atoms with Gasteiger partial charge in [-0.15, -0.1) is 0 Å². The van der Waals surface area contributed by atoms with Crippen LogP contribution in [0.3, 0.4) is 0 Å². The fourth-order valence-electron chi connectivity index (χ4n) is 1.01. The number of ether oxygens (including phenoxy) is 1. The zero-order valence-electron chi connectivity index (χ0n) is 9.13. The van der Waals surface area contributed by atoms with Crippen molar-refractivity contribution in [2.45, 2.75) is 12.8 Å². The Balaban J connectivity index is 0.00000256. The fraction of sp³-hybridized carbons (Fsp3) is 0.300. The minimum absolute atomic E-state index is 0. The minimum Gasteiger partial charge on any atom is -0.550 e. The quantitative estimate of drug-likeness (QED) is 0.420. The van der Waals surface area contributed by atoms with Gasteiger partial charge in [-0.25, -0.2) is 0 Å². The summed E-state index contributed by atoms with van der Waals surface area (Å²) in [6.07, 6.45) is 0.290. The number of benzene rings is 1. The second-order valence-electron chi connectivity index (χ2n) is 3.02. The van der Waals surface area contributed by atoms with Crippen molar-refractivity contribution in [3.63, 3.8) is 0 Å². The van der Waals surface area contributed by atoms with E-state index in [1.807, 2.05) is 0 Å². The molecular formula is C10H8Cl3KO3. The van der Waals surface area contributed by atoms with Crippen LogP contribution in [0.25, 0.3) is 0 Å². The average Bonchev–Trinajstić information content (AvgIpc) is 2.19. The summed E-state index contributed by atoms with van der Waals surface area (Å²) in [5.41, 5.74) is 0. The summed E-state index contributed by atoms with van der Waals surface area (Å²) in [4.78, 5) is 10.1. The van der Waals surface area contributed by atoms with Crippen LogP contribution in [-0.2, 0) is 4.79 Å². The van der Waals surface area contributed by atoms with E-state index in [-0.39, 0.29) is 64.4 Å². The Labute approximate surface area is 157 Å². The van der Waals surface area contributed by atoms with Crippen LogP contribution >= 0.6 is 34.8 Å². The van der Waals surface area contributed by atoms with Crippen molar-refractivity contribution in [1.82, 2.24) is 0 Å². The summed E-state index contributed by atoms with van der Waals surface area (Å²) in [6, 6.07) is 2.96. The van der Waals surface area contributed by atoms with Crippen molar-refractivity contribution in [3.8, 4) is 5.75 Å². The standard InChI is InChI=1S/C10H9Cl3O3.K/c11-6-4-8(13)9(5-7(6)12)16-3-1-2-10(14)15;/h4-5H,1-3H2,(H,14,15);/q;+1/p-1. The largest absolute Gasteiger partial charge is 1.00 e. The zero-order valence-corrected chi connectivity index (χ0v) is 14.5. The van der Waals surface area contributed by atoms with Gasteiger partial charge in [0.1, 0.15) is 5.75 Å². The molecule has 0 aromatic heterocycles. The molecule has 88 valence electrons. The maximum Gasteiger partial charge on any atom is 1.00 e. The van der Waals surface area contributed by atoms with Crippen LogP contribution < -0.4 is 61.2 Å². The molecule has 0 bridgehead atoms. The first-order valence-corrected chi connectivity index (χ1v) is 5.61. The molecule has 0 atom stereocenters. The molecule has 3 nitrogen and oxygen atoms in total. The summed E-state index contributed by atoms with van der Waals surface area (Å²) in [5.74, 6) is -0.724. The molecule has 0 radical (unpaired) electrons. The molecule has 0 saturated heterocycles. The topological polar surface area (TPSA) is 49.4 Å². The number of aliphatic carboxylic acids is 1. The van der Waals surface area contributed by atoms with Crippen LogP contribution in [0.4, 0.5) is 0 Å². The van der Waals surface area contributed by atoms with Crippen molar-refractivity contribution in [2.24, 2.45) is 0 Å². The molecule has 0 fully saturated rings. The second kappa shape index (κ2) is 8.99. The number of carbonyl (C=O) groups is 1. The Morgan fingerprint density at radius 2 is 1.76 bits per heavy atom. The van der Waals surface area contributed by atoms with E-state index in [0.717, 1.165) is 0 Å². The van der Waals surface area contributed by atoms with Gasteiger partial charge < -0.3 is 14.6 Å². The monoisotopic (exact) mass is 320 g/mol. The smallest absolute Gasteiger partial charge is 0.550 e. The Hall–Kier alpha value is 0.996. The fourth-order valence-corrected chi connectivity index (χ4v) is 1.60. The molecule has 0 aliphatic heterocycles. The van der Waals surface area contributed by atoms with E-state index in [1.165, 1.54) is 12.1 Å². The van der Waals surface area contributed by atoms with E-state index in [1.54, 1.807) is 0 Å². The number of hydrogen-bond donors (Lipinski definition) is 0. The molecule has 0 N–H and O–H groups in total. The van der Waals surface area contributed by atoms with Crippen molar-refractivity contribution in [3.05, 3.63) is 27.2 Å². The van der Waals surface area contributed by atoms with Gasteiger partial charge >= 0.3 is 51.4 Å². The summed E-state index contributed by atoms with van der Waals surface area (Å²) in [5, 5.41) is 11.2. The summed E-state index contributed by atoms with van der Waals surface area (Å²) in [6.45, 7) is 0.228. The van der Waals surface area contributed by atoms with E-state index < -0.39 is 5.97 Å². The number of carbonyl (C=O) groups excluding carboxylic acids is 1. The SMILES string of the molecule is O=C([O-])CCCOc1cc(Cl)c(Cl)cc1Cl.[K+]. The molecule has 0 spiro atoms. The molecule has 17 heavy (non-hydrogen) atoms. The molecule has 0 heterocycles. The van der Waals surface area contributed by atoms with Crippen molar-refractivity contribution >= 4 is 40.8 Å². The molecule has 0 unspecified atom stereocenters. The summed E-state index contributed by atoms with van der Waals surface area (Å²) < 4.78 is 5.26.